The molecule has 18 heavy (non-hydrogen) atoms. The molecule has 0 radical (unpaired) electrons. The van der Waals surface area contributed by atoms with Gasteiger partial charge in [0.1, 0.15) is 13.1 Å². The molecule has 94 valence electrons. The molecule has 0 aromatic heterocycles. The first-order valence-electron chi connectivity index (χ1n) is 6.27. The third-order valence-corrected chi connectivity index (χ3v) is 4.13. The molecular weight excluding hydrogens is 230 g/mol. The number of morpholine rings is 1. The predicted molar refractivity (Wildman–Crippen MR) is 65.0 cm³/mol. The molecule has 1 aliphatic carbocycles. The van der Waals surface area contributed by atoms with Crippen LogP contribution >= 0.6 is 0 Å². The molecule has 1 aromatic carbocycles. The quantitative estimate of drug-likeness (QED) is 0.695. The van der Waals surface area contributed by atoms with Gasteiger partial charge >= 0.3 is 0 Å². The fraction of sp³-hybridized carbons (Fsp3) is 0.429. The van der Waals surface area contributed by atoms with Crippen LogP contribution in [0.4, 0.5) is 0 Å². The molecule has 0 unspecified atom stereocenters. The van der Waals surface area contributed by atoms with E-state index >= 15 is 0 Å². The van der Waals surface area contributed by atoms with Crippen molar-refractivity contribution >= 4 is 11.6 Å². The van der Waals surface area contributed by atoms with Crippen molar-refractivity contribution in [1.82, 2.24) is 0 Å². The van der Waals surface area contributed by atoms with E-state index in [0.29, 0.717) is 37.4 Å². The summed E-state index contributed by atoms with van der Waals surface area (Å²) < 4.78 is 5.31. The van der Waals surface area contributed by atoms with Gasteiger partial charge in [0.2, 0.25) is 17.1 Å². The minimum absolute atomic E-state index is 0.0417. The monoisotopic (exact) mass is 246 g/mol. The number of ketones is 2. The molecule has 0 bridgehead atoms. The zero-order valence-corrected chi connectivity index (χ0v) is 10.4. The Bertz CT molecular complexity index is 483. The maximum atomic E-state index is 12.5. The Labute approximate surface area is 106 Å². The fourth-order valence-electron chi connectivity index (χ4n) is 2.96. The van der Waals surface area contributed by atoms with Gasteiger partial charge in [-0.1, -0.05) is 24.3 Å². The van der Waals surface area contributed by atoms with Gasteiger partial charge in [-0.05, 0) is 0 Å². The molecule has 4 heteroatoms. The molecule has 1 fully saturated rings. The second-order valence-electron chi connectivity index (χ2n) is 5.04. The average molecular weight is 246 g/mol. The van der Waals surface area contributed by atoms with Crippen LogP contribution in [0.2, 0.25) is 0 Å². The lowest BCUT2D eigenvalue weighted by Gasteiger charge is -2.34. The highest BCUT2D eigenvalue weighted by Gasteiger charge is 2.56. The van der Waals surface area contributed by atoms with Gasteiger partial charge in [-0.2, -0.15) is 0 Å². The number of ether oxygens (including phenoxy) is 1. The molecule has 1 aliphatic heterocycles. The van der Waals surface area contributed by atoms with Crippen molar-refractivity contribution in [2.75, 3.05) is 26.3 Å². The minimum Gasteiger partial charge on any atom is -0.370 e. The number of Topliss-reactive ketones (excluding diaryl/α,β-unsaturated/α-hetero) is 2. The van der Waals surface area contributed by atoms with E-state index in [1.54, 1.807) is 19.1 Å². The Balaban J connectivity index is 2.04. The van der Waals surface area contributed by atoms with E-state index in [1.807, 2.05) is 12.1 Å². The zero-order valence-electron chi connectivity index (χ0n) is 10.4. The normalized spacial score (nSPS) is 23.2. The summed E-state index contributed by atoms with van der Waals surface area (Å²) in [5.74, 6) is -0.0833. The minimum atomic E-state index is -0.951. The highest BCUT2D eigenvalue weighted by atomic mass is 16.5. The van der Waals surface area contributed by atoms with Gasteiger partial charge in [0, 0.05) is 18.1 Å². The summed E-state index contributed by atoms with van der Waals surface area (Å²) in [6.45, 7) is 4.42. The molecule has 3 rings (SSSR count). The summed E-state index contributed by atoms with van der Waals surface area (Å²) >= 11 is 0. The highest BCUT2D eigenvalue weighted by Crippen LogP contribution is 2.27. The molecule has 1 heterocycles. The van der Waals surface area contributed by atoms with Crippen molar-refractivity contribution < 1.29 is 19.2 Å². The van der Waals surface area contributed by atoms with Crippen molar-refractivity contribution in [3.05, 3.63) is 35.4 Å². The number of benzene rings is 1. The Morgan fingerprint density at radius 2 is 1.56 bits per heavy atom. The van der Waals surface area contributed by atoms with Gasteiger partial charge < -0.3 is 9.64 Å². The number of nitrogens with one attached hydrogen (secondary N) is 1. The average Bonchev–Trinajstić information content (AvgIpc) is 2.64. The number of quaternary nitrogens is 1. The number of fused-ring (bicyclic) bond motifs is 1. The number of carbonyl (C=O) groups excluding carboxylic acids is 2. The second kappa shape index (κ2) is 4.00. The highest BCUT2D eigenvalue weighted by molar-refractivity contribution is 6.31. The smallest absolute Gasteiger partial charge is 0.231 e. The third kappa shape index (κ3) is 1.39. The summed E-state index contributed by atoms with van der Waals surface area (Å²) in [7, 11) is 0. The van der Waals surface area contributed by atoms with E-state index in [9.17, 15) is 9.59 Å². The Hall–Kier alpha value is -1.52. The van der Waals surface area contributed by atoms with Crippen molar-refractivity contribution in [2.45, 2.75) is 12.5 Å². The van der Waals surface area contributed by atoms with Gasteiger partial charge in [0.05, 0.1) is 13.2 Å². The first-order valence-corrected chi connectivity index (χ1v) is 6.27. The van der Waals surface area contributed by atoms with Gasteiger partial charge in [0.25, 0.3) is 0 Å². The van der Waals surface area contributed by atoms with E-state index in [0.717, 1.165) is 4.90 Å². The summed E-state index contributed by atoms with van der Waals surface area (Å²) in [4.78, 5) is 26.1. The van der Waals surface area contributed by atoms with Crippen LogP contribution in [0.3, 0.4) is 0 Å². The van der Waals surface area contributed by atoms with Crippen molar-refractivity contribution in [2.24, 2.45) is 0 Å². The molecule has 0 atom stereocenters. The largest absolute Gasteiger partial charge is 0.370 e. The third-order valence-electron chi connectivity index (χ3n) is 4.13. The summed E-state index contributed by atoms with van der Waals surface area (Å²) in [5, 5.41) is 0. The fourth-order valence-corrected chi connectivity index (χ4v) is 2.96. The SMILES string of the molecule is CC1([NH+]2CCOCC2)C(=O)c2ccccc2C1=O. The lowest BCUT2D eigenvalue weighted by Crippen LogP contribution is -3.23. The van der Waals surface area contributed by atoms with E-state index in [1.165, 1.54) is 0 Å². The van der Waals surface area contributed by atoms with Crippen LogP contribution < -0.4 is 4.90 Å². The lowest BCUT2D eigenvalue weighted by atomic mass is 9.93. The van der Waals surface area contributed by atoms with Gasteiger partial charge in [-0.3, -0.25) is 9.59 Å². The molecule has 2 aliphatic rings. The molecule has 1 aromatic rings. The summed E-state index contributed by atoms with van der Waals surface area (Å²) in [6.07, 6.45) is 0. The van der Waals surface area contributed by atoms with Gasteiger partial charge in [-0.25, -0.2) is 0 Å². The number of hydrogen-bond acceptors (Lipinski definition) is 3. The summed E-state index contributed by atoms with van der Waals surface area (Å²) in [6, 6.07) is 7.12. The Kier molecular flexibility index (Phi) is 2.57. The maximum absolute atomic E-state index is 12.5. The maximum Gasteiger partial charge on any atom is 0.231 e. The lowest BCUT2D eigenvalue weighted by molar-refractivity contribution is -0.935. The van der Waals surface area contributed by atoms with Crippen LogP contribution in [-0.4, -0.2) is 43.4 Å². The molecule has 1 saturated heterocycles. The van der Waals surface area contributed by atoms with Crippen LogP contribution in [0, 0.1) is 0 Å². The second-order valence-corrected chi connectivity index (χ2v) is 5.04. The first-order chi connectivity index (χ1) is 8.65. The van der Waals surface area contributed by atoms with Crippen LogP contribution in [0.5, 0.6) is 0 Å². The first kappa shape index (κ1) is 11.6. The zero-order chi connectivity index (χ0) is 12.8. The van der Waals surface area contributed by atoms with Crippen molar-refractivity contribution in [3.8, 4) is 0 Å². The Morgan fingerprint density at radius 3 is 2.06 bits per heavy atom. The molecule has 1 N–H and O–H groups in total. The van der Waals surface area contributed by atoms with E-state index in [-0.39, 0.29) is 11.6 Å². The van der Waals surface area contributed by atoms with Gasteiger partial charge in [0.15, 0.2) is 0 Å². The van der Waals surface area contributed by atoms with Crippen LogP contribution in [0.1, 0.15) is 27.6 Å². The van der Waals surface area contributed by atoms with Gasteiger partial charge in [-0.15, -0.1) is 0 Å². The van der Waals surface area contributed by atoms with E-state index < -0.39 is 5.54 Å². The van der Waals surface area contributed by atoms with E-state index in [4.69, 9.17) is 4.74 Å². The predicted octanol–water partition coefficient (Wildman–Crippen LogP) is -0.261. The molecule has 0 saturated carbocycles. The van der Waals surface area contributed by atoms with Crippen LogP contribution in [0.25, 0.3) is 0 Å². The molecule has 0 amide bonds. The number of rotatable bonds is 1. The molecule has 0 spiro atoms. The van der Waals surface area contributed by atoms with Crippen molar-refractivity contribution in [3.63, 3.8) is 0 Å². The summed E-state index contributed by atoms with van der Waals surface area (Å²) in [5.41, 5.74) is 0.195. The van der Waals surface area contributed by atoms with Crippen LogP contribution in [0.15, 0.2) is 24.3 Å². The standard InChI is InChI=1S/C14H15NO3/c1-14(15-6-8-18-9-7-15)12(16)10-4-2-3-5-11(10)13(14)17/h2-5H,6-9H2,1H3/p+1. The topological polar surface area (TPSA) is 47.8 Å². The molecular formula is C14H16NO3+. The number of carbonyl (C=O) groups is 2. The van der Waals surface area contributed by atoms with Crippen LogP contribution in [-0.2, 0) is 4.74 Å². The number of hydrogen-bond donors (Lipinski definition) is 1. The van der Waals surface area contributed by atoms with E-state index in [2.05, 4.69) is 0 Å². The molecule has 4 nitrogen and oxygen atoms in total. The van der Waals surface area contributed by atoms with Crippen molar-refractivity contribution in [1.29, 1.82) is 0 Å². The Morgan fingerprint density at radius 1 is 1.06 bits per heavy atom.